The highest BCUT2D eigenvalue weighted by Gasteiger charge is 2.26. The second-order valence-electron chi connectivity index (χ2n) is 4.18. The molecule has 0 radical (unpaired) electrons. The number of rotatable bonds is 0. The average molecular weight is 154 g/mol. The zero-order valence-corrected chi connectivity index (χ0v) is 7.34. The van der Waals surface area contributed by atoms with Crippen LogP contribution in [0.25, 0.3) is 0 Å². The fourth-order valence-electron chi connectivity index (χ4n) is 2.55. The van der Waals surface area contributed by atoms with Crippen LogP contribution in [0.5, 0.6) is 0 Å². The first-order chi connectivity index (χ1) is 5.34. The van der Waals surface area contributed by atoms with Gasteiger partial charge in [0, 0.05) is 13.1 Å². The monoisotopic (exact) mass is 154 g/mol. The normalized spacial score (nSPS) is 40.1. The van der Waals surface area contributed by atoms with E-state index in [0.717, 1.165) is 11.8 Å². The summed E-state index contributed by atoms with van der Waals surface area (Å²) in [5.41, 5.74) is 0. The molecule has 2 bridgehead atoms. The fraction of sp³-hybridized carbons (Fsp3) is 1.00. The molecule has 0 spiro atoms. The minimum absolute atomic E-state index is 0.932. The summed E-state index contributed by atoms with van der Waals surface area (Å²) in [5.74, 6) is 1.91. The van der Waals surface area contributed by atoms with Crippen LogP contribution in [0.2, 0.25) is 0 Å². The van der Waals surface area contributed by atoms with Gasteiger partial charge in [0.05, 0.1) is 0 Å². The summed E-state index contributed by atoms with van der Waals surface area (Å²) >= 11 is 0. The molecule has 2 atom stereocenters. The highest BCUT2D eigenvalue weighted by atomic mass is 15.1. The van der Waals surface area contributed by atoms with Crippen LogP contribution in [0.3, 0.4) is 0 Å². The van der Waals surface area contributed by atoms with Crippen molar-refractivity contribution >= 4 is 0 Å². The van der Waals surface area contributed by atoms with Gasteiger partial charge in [-0.15, -0.1) is 0 Å². The maximum Gasteiger partial charge on any atom is 0.00190 e. The summed E-state index contributed by atoms with van der Waals surface area (Å²) in [5, 5.41) is 3.51. The number of likely N-dealkylation sites (tertiary alicyclic amines) is 1. The van der Waals surface area contributed by atoms with E-state index in [2.05, 4.69) is 17.3 Å². The van der Waals surface area contributed by atoms with Crippen molar-refractivity contribution in [1.82, 2.24) is 10.2 Å². The molecule has 2 unspecified atom stereocenters. The van der Waals surface area contributed by atoms with Crippen molar-refractivity contribution < 1.29 is 0 Å². The number of nitrogens with one attached hydrogen (secondary N) is 1. The van der Waals surface area contributed by atoms with E-state index >= 15 is 0 Å². The Bertz CT molecular complexity index is 122. The van der Waals surface area contributed by atoms with Gasteiger partial charge in [0.15, 0.2) is 0 Å². The van der Waals surface area contributed by atoms with Gasteiger partial charge in [-0.25, -0.2) is 0 Å². The third kappa shape index (κ3) is 1.74. The Hall–Kier alpha value is -0.0800. The molecular weight excluding hydrogens is 136 g/mol. The average Bonchev–Trinajstić information content (AvgIpc) is 2.11. The van der Waals surface area contributed by atoms with Crippen molar-refractivity contribution in [2.45, 2.75) is 12.8 Å². The van der Waals surface area contributed by atoms with Crippen molar-refractivity contribution in [2.24, 2.45) is 11.8 Å². The zero-order valence-electron chi connectivity index (χ0n) is 7.34. The van der Waals surface area contributed by atoms with E-state index < -0.39 is 0 Å². The van der Waals surface area contributed by atoms with Gasteiger partial charge in [0.25, 0.3) is 0 Å². The van der Waals surface area contributed by atoms with Gasteiger partial charge in [-0.1, -0.05) is 0 Å². The predicted molar refractivity (Wildman–Crippen MR) is 46.6 cm³/mol. The molecule has 0 aromatic rings. The fourth-order valence-corrected chi connectivity index (χ4v) is 2.55. The molecule has 2 heterocycles. The molecule has 2 nitrogen and oxygen atoms in total. The molecule has 0 saturated carbocycles. The Morgan fingerprint density at radius 2 is 2.09 bits per heavy atom. The molecule has 64 valence electrons. The van der Waals surface area contributed by atoms with E-state index in [0.29, 0.717) is 0 Å². The van der Waals surface area contributed by atoms with Crippen LogP contribution in [0.4, 0.5) is 0 Å². The highest BCUT2D eigenvalue weighted by molar-refractivity contribution is 4.81. The Labute approximate surface area is 69.0 Å². The van der Waals surface area contributed by atoms with Crippen LogP contribution in [0.1, 0.15) is 12.8 Å². The standard InChI is InChI=1S/C9H18N2/c1-11-6-8-2-3-10-5-9(4-8)7-11/h8-10H,2-7H2,1H3. The number of fused-ring (bicyclic) bond motifs is 2. The first-order valence-corrected chi connectivity index (χ1v) is 4.74. The van der Waals surface area contributed by atoms with Crippen molar-refractivity contribution in [3.05, 3.63) is 0 Å². The maximum absolute atomic E-state index is 3.51. The molecule has 2 saturated heterocycles. The third-order valence-electron chi connectivity index (χ3n) is 2.97. The lowest BCUT2D eigenvalue weighted by Gasteiger charge is -2.33. The van der Waals surface area contributed by atoms with Gasteiger partial charge in [-0.05, 0) is 44.8 Å². The molecule has 1 N–H and O–H groups in total. The van der Waals surface area contributed by atoms with E-state index in [1.807, 2.05) is 0 Å². The largest absolute Gasteiger partial charge is 0.316 e. The van der Waals surface area contributed by atoms with E-state index in [1.165, 1.54) is 39.0 Å². The summed E-state index contributed by atoms with van der Waals surface area (Å²) in [6.45, 7) is 5.14. The van der Waals surface area contributed by atoms with Crippen molar-refractivity contribution in [2.75, 3.05) is 33.2 Å². The van der Waals surface area contributed by atoms with Crippen molar-refractivity contribution in [3.8, 4) is 0 Å². The van der Waals surface area contributed by atoms with Gasteiger partial charge in [0.2, 0.25) is 0 Å². The van der Waals surface area contributed by atoms with Crippen LogP contribution in [-0.4, -0.2) is 38.1 Å². The Morgan fingerprint density at radius 3 is 3.00 bits per heavy atom. The predicted octanol–water partition coefficient (Wildman–Crippen LogP) is 0.548. The smallest absolute Gasteiger partial charge is 0.00190 e. The lowest BCUT2D eigenvalue weighted by molar-refractivity contribution is 0.161. The third-order valence-corrected chi connectivity index (χ3v) is 2.97. The van der Waals surface area contributed by atoms with E-state index in [-0.39, 0.29) is 0 Å². The van der Waals surface area contributed by atoms with E-state index in [1.54, 1.807) is 0 Å². The summed E-state index contributed by atoms with van der Waals surface area (Å²) in [4.78, 5) is 2.49. The minimum atomic E-state index is 0.932. The maximum atomic E-state index is 3.51. The van der Waals surface area contributed by atoms with Gasteiger partial charge in [-0.3, -0.25) is 0 Å². The van der Waals surface area contributed by atoms with Gasteiger partial charge in [0.1, 0.15) is 0 Å². The summed E-state index contributed by atoms with van der Waals surface area (Å²) in [6, 6.07) is 0. The first kappa shape index (κ1) is 7.56. The summed E-state index contributed by atoms with van der Waals surface area (Å²) in [7, 11) is 2.25. The molecule has 2 rings (SSSR count). The summed E-state index contributed by atoms with van der Waals surface area (Å²) < 4.78 is 0. The minimum Gasteiger partial charge on any atom is -0.316 e. The topological polar surface area (TPSA) is 15.3 Å². The van der Waals surface area contributed by atoms with E-state index in [9.17, 15) is 0 Å². The molecule has 2 fully saturated rings. The van der Waals surface area contributed by atoms with E-state index in [4.69, 9.17) is 0 Å². The Kier molecular flexibility index (Phi) is 2.14. The number of hydrogen-bond acceptors (Lipinski definition) is 2. The van der Waals surface area contributed by atoms with Crippen molar-refractivity contribution in [1.29, 1.82) is 0 Å². The van der Waals surface area contributed by atoms with Crippen LogP contribution in [0.15, 0.2) is 0 Å². The second kappa shape index (κ2) is 3.11. The lowest BCUT2D eigenvalue weighted by Crippen LogP contribution is -2.38. The van der Waals surface area contributed by atoms with Crippen molar-refractivity contribution in [3.63, 3.8) is 0 Å². The summed E-state index contributed by atoms with van der Waals surface area (Å²) in [6.07, 6.45) is 2.86. The first-order valence-electron chi connectivity index (χ1n) is 4.74. The van der Waals surface area contributed by atoms with Gasteiger partial charge >= 0.3 is 0 Å². The van der Waals surface area contributed by atoms with Gasteiger partial charge < -0.3 is 10.2 Å². The number of hydrogen-bond donors (Lipinski definition) is 1. The second-order valence-corrected chi connectivity index (χ2v) is 4.18. The number of nitrogens with zero attached hydrogens (tertiary/aromatic N) is 1. The SMILES string of the molecule is CN1CC2CCNCC(C2)C1. The van der Waals surface area contributed by atoms with Crippen LogP contribution < -0.4 is 5.32 Å². The molecule has 0 aromatic heterocycles. The molecule has 11 heavy (non-hydrogen) atoms. The zero-order chi connectivity index (χ0) is 7.68. The molecule has 0 aliphatic carbocycles. The molecule has 2 heteroatoms. The number of piperidine rings is 1. The van der Waals surface area contributed by atoms with Crippen LogP contribution >= 0.6 is 0 Å². The Morgan fingerprint density at radius 1 is 1.27 bits per heavy atom. The molecular formula is C9H18N2. The van der Waals surface area contributed by atoms with Crippen LogP contribution in [-0.2, 0) is 0 Å². The lowest BCUT2D eigenvalue weighted by atomic mass is 9.89. The molecule has 0 amide bonds. The molecule has 2 aliphatic heterocycles. The highest BCUT2D eigenvalue weighted by Crippen LogP contribution is 2.24. The quantitative estimate of drug-likeness (QED) is 0.548. The molecule has 0 aromatic carbocycles. The van der Waals surface area contributed by atoms with Gasteiger partial charge in [-0.2, -0.15) is 0 Å². The molecule has 2 aliphatic rings. The Balaban J connectivity index is 1.99. The van der Waals surface area contributed by atoms with Crippen LogP contribution in [0, 0.1) is 11.8 Å².